The fraction of sp³-hybridized carbons (Fsp3) is 0.118. The Kier molecular flexibility index (Phi) is 5.31. The van der Waals surface area contributed by atoms with Crippen LogP contribution in [-0.4, -0.2) is 14.7 Å². The second-order valence-electron chi connectivity index (χ2n) is 5.03. The summed E-state index contributed by atoms with van der Waals surface area (Å²) in [6.45, 7) is -0.0172. The first-order valence-corrected chi connectivity index (χ1v) is 8.67. The van der Waals surface area contributed by atoms with Crippen molar-refractivity contribution in [2.75, 3.05) is 6.26 Å². The van der Waals surface area contributed by atoms with Crippen LogP contribution in [-0.2, 0) is 16.4 Å². The van der Waals surface area contributed by atoms with Gasteiger partial charge in [-0.25, -0.2) is 17.2 Å². The van der Waals surface area contributed by atoms with Crippen LogP contribution in [0.1, 0.15) is 11.1 Å². The van der Waals surface area contributed by atoms with E-state index in [1.54, 1.807) is 30.3 Å². The topological polar surface area (TPSA) is 67.2 Å². The van der Waals surface area contributed by atoms with Crippen molar-refractivity contribution in [2.45, 2.75) is 6.61 Å². The first-order chi connectivity index (χ1) is 11.3. The van der Waals surface area contributed by atoms with Crippen molar-refractivity contribution >= 4 is 15.9 Å². The summed E-state index contributed by atoms with van der Waals surface area (Å²) >= 11 is 0. The SMILES string of the molecule is CS(=O)(=O)/C(C#N)=C\c1ccc(OCc2cc(F)cc(F)c2)cc1. The average Bonchev–Trinajstić information content (AvgIpc) is 2.49. The van der Waals surface area contributed by atoms with Gasteiger partial charge >= 0.3 is 0 Å². The lowest BCUT2D eigenvalue weighted by Crippen LogP contribution is -1.98. The van der Waals surface area contributed by atoms with Gasteiger partial charge in [0.25, 0.3) is 0 Å². The molecule has 24 heavy (non-hydrogen) atoms. The van der Waals surface area contributed by atoms with E-state index in [0.29, 0.717) is 16.9 Å². The van der Waals surface area contributed by atoms with Gasteiger partial charge in [0.1, 0.15) is 35.0 Å². The number of sulfone groups is 1. The van der Waals surface area contributed by atoms with Crippen LogP contribution < -0.4 is 4.74 Å². The number of allylic oxidation sites excluding steroid dienone is 1. The molecule has 0 heterocycles. The Hall–Kier alpha value is -2.72. The Morgan fingerprint density at radius 3 is 2.25 bits per heavy atom. The van der Waals surface area contributed by atoms with Crippen LogP contribution in [0.25, 0.3) is 6.08 Å². The molecule has 0 bridgehead atoms. The van der Waals surface area contributed by atoms with Gasteiger partial charge in [-0.1, -0.05) is 12.1 Å². The van der Waals surface area contributed by atoms with Gasteiger partial charge in [0.15, 0.2) is 9.84 Å². The molecule has 0 atom stereocenters. The van der Waals surface area contributed by atoms with Crippen molar-refractivity contribution in [1.82, 2.24) is 0 Å². The number of nitriles is 1. The van der Waals surface area contributed by atoms with Gasteiger partial charge in [-0.05, 0) is 41.5 Å². The molecule has 0 aliphatic heterocycles. The zero-order valence-corrected chi connectivity index (χ0v) is 13.5. The molecule has 0 N–H and O–H groups in total. The van der Waals surface area contributed by atoms with E-state index in [1.807, 2.05) is 0 Å². The Morgan fingerprint density at radius 1 is 1.17 bits per heavy atom. The van der Waals surface area contributed by atoms with E-state index in [2.05, 4.69) is 0 Å². The number of nitrogens with zero attached hydrogens (tertiary/aromatic N) is 1. The van der Waals surface area contributed by atoms with Crippen LogP contribution in [0, 0.1) is 23.0 Å². The van der Waals surface area contributed by atoms with Crippen molar-refractivity contribution in [3.05, 3.63) is 70.1 Å². The smallest absolute Gasteiger partial charge is 0.185 e. The second kappa shape index (κ2) is 7.23. The molecule has 0 aliphatic carbocycles. The highest BCUT2D eigenvalue weighted by molar-refractivity contribution is 7.95. The van der Waals surface area contributed by atoms with Crippen molar-refractivity contribution in [2.24, 2.45) is 0 Å². The van der Waals surface area contributed by atoms with Gasteiger partial charge < -0.3 is 4.74 Å². The number of hydrogen-bond acceptors (Lipinski definition) is 4. The van der Waals surface area contributed by atoms with E-state index >= 15 is 0 Å². The molecule has 124 valence electrons. The van der Waals surface area contributed by atoms with E-state index in [0.717, 1.165) is 12.3 Å². The molecular formula is C17H13F2NO3S. The summed E-state index contributed by atoms with van der Waals surface area (Å²) in [7, 11) is -3.58. The fourth-order valence-corrected chi connectivity index (χ4v) is 2.41. The minimum Gasteiger partial charge on any atom is -0.489 e. The molecule has 0 spiro atoms. The molecule has 0 aromatic heterocycles. The molecule has 0 aliphatic rings. The number of benzene rings is 2. The lowest BCUT2D eigenvalue weighted by Gasteiger charge is -2.07. The van der Waals surface area contributed by atoms with Gasteiger partial charge in [-0.15, -0.1) is 0 Å². The molecule has 0 unspecified atom stereocenters. The summed E-state index contributed by atoms with van der Waals surface area (Å²) < 4.78 is 54.3. The molecule has 4 nitrogen and oxygen atoms in total. The summed E-state index contributed by atoms with van der Waals surface area (Å²) in [4.78, 5) is -0.341. The first-order valence-electron chi connectivity index (χ1n) is 6.77. The van der Waals surface area contributed by atoms with Crippen molar-refractivity contribution < 1.29 is 21.9 Å². The Morgan fingerprint density at radius 2 is 1.75 bits per heavy atom. The van der Waals surface area contributed by atoms with E-state index < -0.39 is 21.5 Å². The predicted molar refractivity (Wildman–Crippen MR) is 85.6 cm³/mol. The van der Waals surface area contributed by atoms with E-state index in [4.69, 9.17) is 10.00 Å². The van der Waals surface area contributed by atoms with Crippen LogP contribution in [0.2, 0.25) is 0 Å². The third-order valence-electron chi connectivity index (χ3n) is 3.02. The van der Waals surface area contributed by atoms with Crippen LogP contribution in [0.5, 0.6) is 5.75 Å². The summed E-state index contributed by atoms with van der Waals surface area (Å²) in [5, 5.41) is 8.85. The van der Waals surface area contributed by atoms with Crippen LogP contribution >= 0.6 is 0 Å². The number of ether oxygens (including phenoxy) is 1. The molecule has 2 aromatic rings. The summed E-state index contributed by atoms with van der Waals surface area (Å²) in [5.41, 5.74) is 0.862. The van der Waals surface area contributed by atoms with Gasteiger partial charge in [0, 0.05) is 12.3 Å². The third-order valence-corrected chi connectivity index (χ3v) is 4.02. The predicted octanol–water partition coefficient (Wildman–Crippen LogP) is 3.45. The second-order valence-corrected chi connectivity index (χ2v) is 7.01. The van der Waals surface area contributed by atoms with Gasteiger partial charge in [-0.2, -0.15) is 5.26 Å². The Balaban J connectivity index is 2.10. The zero-order valence-electron chi connectivity index (χ0n) is 12.7. The standard InChI is InChI=1S/C17H13F2NO3S/c1-24(21,22)17(10-20)8-12-2-4-16(5-3-12)23-11-13-6-14(18)9-15(19)7-13/h2-9H,11H2,1H3/b17-8-. The van der Waals surface area contributed by atoms with Gasteiger partial charge in [0.05, 0.1) is 0 Å². The maximum atomic E-state index is 13.1. The van der Waals surface area contributed by atoms with E-state index in [-0.39, 0.29) is 11.5 Å². The molecule has 0 saturated heterocycles. The molecule has 7 heteroatoms. The molecule has 0 radical (unpaired) electrons. The van der Waals surface area contributed by atoms with Crippen molar-refractivity contribution in [3.8, 4) is 11.8 Å². The van der Waals surface area contributed by atoms with Crippen LogP contribution in [0.15, 0.2) is 47.4 Å². The highest BCUT2D eigenvalue weighted by atomic mass is 32.2. The minimum atomic E-state index is -3.58. The number of rotatable bonds is 5. The van der Waals surface area contributed by atoms with Crippen molar-refractivity contribution in [3.63, 3.8) is 0 Å². The maximum Gasteiger partial charge on any atom is 0.185 e. The first kappa shape index (κ1) is 17.6. The van der Waals surface area contributed by atoms with Gasteiger partial charge in [-0.3, -0.25) is 0 Å². The highest BCUT2D eigenvalue weighted by Crippen LogP contribution is 2.18. The Bertz CT molecular complexity index is 894. The van der Waals surface area contributed by atoms with Crippen LogP contribution in [0.4, 0.5) is 8.78 Å². The Labute approximate surface area is 138 Å². The number of halogens is 2. The number of hydrogen-bond donors (Lipinski definition) is 0. The van der Waals surface area contributed by atoms with E-state index in [9.17, 15) is 17.2 Å². The molecule has 2 aromatic carbocycles. The molecular weight excluding hydrogens is 336 g/mol. The quantitative estimate of drug-likeness (QED) is 0.776. The van der Waals surface area contributed by atoms with E-state index in [1.165, 1.54) is 18.2 Å². The minimum absolute atomic E-state index is 0.0172. The lowest BCUT2D eigenvalue weighted by molar-refractivity contribution is 0.305. The fourth-order valence-electron chi connectivity index (χ4n) is 1.89. The van der Waals surface area contributed by atoms with Crippen molar-refractivity contribution in [1.29, 1.82) is 5.26 Å². The largest absolute Gasteiger partial charge is 0.489 e. The normalized spacial score (nSPS) is 11.8. The lowest BCUT2D eigenvalue weighted by atomic mass is 10.2. The average molecular weight is 349 g/mol. The van der Waals surface area contributed by atoms with Crippen LogP contribution in [0.3, 0.4) is 0 Å². The van der Waals surface area contributed by atoms with Gasteiger partial charge in [0.2, 0.25) is 0 Å². The maximum absolute atomic E-state index is 13.1. The molecule has 0 fully saturated rings. The summed E-state index contributed by atoms with van der Waals surface area (Å²) in [5.74, 6) is -0.924. The third kappa shape index (κ3) is 4.89. The molecule has 0 saturated carbocycles. The zero-order chi connectivity index (χ0) is 17.7. The molecule has 0 amide bonds. The summed E-state index contributed by atoms with van der Waals surface area (Å²) in [6, 6.07) is 11.0. The summed E-state index contributed by atoms with van der Waals surface area (Å²) in [6.07, 6.45) is 2.21. The monoisotopic (exact) mass is 349 g/mol. The highest BCUT2D eigenvalue weighted by Gasteiger charge is 2.10. The molecule has 2 rings (SSSR count).